The van der Waals surface area contributed by atoms with Crippen molar-refractivity contribution in [1.82, 2.24) is 10.3 Å². The van der Waals surface area contributed by atoms with Gasteiger partial charge in [-0.05, 0) is 31.7 Å². The molecule has 1 aromatic heterocycles. The number of pyridine rings is 1. The molecule has 0 bridgehead atoms. The fourth-order valence-corrected chi connectivity index (χ4v) is 2.48. The SMILES string of the molecule is CCNC(C)c1cc(Br)ccc1Oc1cncc(Cl)c1. The second-order valence-electron chi connectivity index (χ2n) is 4.40. The molecule has 0 aliphatic heterocycles. The molecule has 0 aliphatic rings. The first-order chi connectivity index (χ1) is 9.60. The Morgan fingerprint density at radius 3 is 2.85 bits per heavy atom. The average Bonchev–Trinajstić information content (AvgIpc) is 2.41. The summed E-state index contributed by atoms with van der Waals surface area (Å²) in [5.41, 5.74) is 1.08. The fourth-order valence-electron chi connectivity index (χ4n) is 1.94. The first kappa shape index (κ1) is 15.3. The van der Waals surface area contributed by atoms with Crippen LogP contribution in [0.4, 0.5) is 0 Å². The van der Waals surface area contributed by atoms with Crippen LogP contribution in [-0.2, 0) is 0 Å². The summed E-state index contributed by atoms with van der Waals surface area (Å²) in [6.45, 7) is 5.08. The van der Waals surface area contributed by atoms with Crippen molar-refractivity contribution >= 4 is 27.5 Å². The quantitative estimate of drug-likeness (QED) is 0.823. The molecule has 106 valence electrons. The van der Waals surface area contributed by atoms with Gasteiger partial charge in [0.1, 0.15) is 11.5 Å². The molecule has 1 atom stereocenters. The highest BCUT2D eigenvalue weighted by Crippen LogP contribution is 2.32. The maximum absolute atomic E-state index is 5.93. The molecule has 0 saturated heterocycles. The van der Waals surface area contributed by atoms with Crippen molar-refractivity contribution in [1.29, 1.82) is 0 Å². The molecule has 0 fully saturated rings. The number of nitrogens with one attached hydrogen (secondary N) is 1. The summed E-state index contributed by atoms with van der Waals surface area (Å²) < 4.78 is 6.93. The molecular formula is C15H16BrClN2O. The van der Waals surface area contributed by atoms with E-state index in [0.717, 1.165) is 22.3 Å². The lowest BCUT2D eigenvalue weighted by atomic mass is 10.1. The van der Waals surface area contributed by atoms with Crippen LogP contribution in [0.15, 0.2) is 41.1 Å². The van der Waals surface area contributed by atoms with Crippen LogP contribution in [0.25, 0.3) is 0 Å². The zero-order valence-electron chi connectivity index (χ0n) is 11.4. The van der Waals surface area contributed by atoms with Gasteiger partial charge in [-0.2, -0.15) is 0 Å². The van der Waals surface area contributed by atoms with Crippen molar-refractivity contribution < 1.29 is 4.74 Å². The van der Waals surface area contributed by atoms with Crippen molar-refractivity contribution in [3.8, 4) is 11.5 Å². The molecule has 0 amide bonds. The third-order valence-electron chi connectivity index (χ3n) is 2.86. The summed E-state index contributed by atoms with van der Waals surface area (Å²) in [5.74, 6) is 1.43. The van der Waals surface area contributed by atoms with Gasteiger partial charge in [-0.1, -0.05) is 34.5 Å². The van der Waals surface area contributed by atoms with Gasteiger partial charge in [-0.3, -0.25) is 4.98 Å². The molecule has 1 heterocycles. The maximum Gasteiger partial charge on any atom is 0.147 e. The van der Waals surface area contributed by atoms with Crippen LogP contribution < -0.4 is 10.1 Å². The van der Waals surface area contributed by atoms with Gasteiger partial charge in [0.05, 0.1) is 11.2 Å². The van der Waals surface area contributed by atoms with Crippen molar-refractivity contribution in [2.24, 2.45) is 0 Å². The number of aromatic nitrogens is 1. The van der Waals surface area contributed by atoms with Gasteiger partial charge in [0.15, 0.2) is 0 Å². The Hall–Kier alpha value is -1.10. The third-order valence-corrected chi connectivity index (χ3v) is 3.56. The topological polar surface area (TPSA) is 34.1 Å². The number of rotatable bonds is 5. The first-order valence-corrected chi connectivity index (χ1v) is 7.58. The van der Waals surface area contributed by atoms with E-state index in [-0.39, 0.29) is 6.04 Å². The fraction of sp³-hybridized carbons (Fsp3) is 0.267. The molecule has 5 heteroatoms. The molecular weight excluding hydrogens is 340 g/mol. The van der Waals surface area contributed by atoms with Gasteiger partial charge in [0.2, 0.25) is 0 Å². The molecule has 1 unspecified atom stereocenters. The number of benzene rings is 1. The molecule has 2 aromatic rings. The summed E-state index contributed by atoms with van der Waals surface area (Å²) >= 11 is 9.42. The van der Waals surface area contributed by atoms with E-state index in [4.69, 9.17) is 16.3 Å². The van der Waals surface area contributed by atoms with E-state index in [1.807, 2.05) is 12.1 Å². The van der Waals surface area contributed by atoms with E-state index in [1.165, 1.54) is 0 Å². The Bertz CT molecular complexity index is 592. The molecule has 0 saturated carbocycles. The van der Waals surface area contributed by atoms with Gasteiger partial charge >= 0.3 is 0 Å². The lowest BCUT2D eigenvalue weighted by Crippen LogP contribution is -2.18. The number of hydrogen-bond acceptors (Lipinski definition) is 3. The number of ether oxygens (including phenoxy) is 1. The molecule has 1 aromatic carbocycles. The molecule has 3 nitrogen and oxygen atoms in total. The lowest BCUT2D eigenvalue weighted by molar-refractivity contribution is 0.461. The highest BCUT2D eigenvalue weighted by molar-refractivity contribution is 9.10. The normalized spacial score (nSPS) is 12.2. The Morgan fingerprint density at radius 1 is 1.35 bits per heavy atom. The minimum atomic E-state index is 0.194. The van der Waals surface area contributed by atoms with Crippen LogP contribution >= 0.6 is 27.5 Å². The van der Waals surface area contributed by atoms with E-state index in [1.54, 1.807) is 18.5 Å². The zero-order chi connectivity index (χ0) is 14.5. The predicted octanol–water partition coefficient (Wildman–Crippen LogP) is 4.96. The smallest absolute Gasteiger partial charge is 0.147 e. The van der Waals surface area contributed by atoms with Crippen LogP contribution in [0, 0.1) is 0 Å². The summed E-state index contributed by atoms with van der Waals surface area (Å²) in [5, 5.41) is 3.94. The Labute approximate surface area is 132 Å². The number of halogens is 2. The van der Waals surface area contributed by atoms with E-state index < -0.39 is 0 Å². The Kier molecular flexibility index (Phi) is 5.40. The van der Waals surface area contributed by atoms with E-state index in [9.17, 15) is 0 Å². The summed E-state index contributed by atoms with van der Waals surface area (Å²) in [6.07, 6.45) is 3.23. The molecule has 0 radical (unpaired) electrons. The maximum atomic E-state index is 5.93. The first-order valence-electron chi connectivity index (χ1n) is 6.41. The van der Waals surface area contributed by atoms with Gasteiger partial charge in [-0.25, -0.2) is 0 Å². The van der Waals surface area contributed by atoms with Crippen molar-refractivity contribution in [2.75, 3.05) is 6.54 Å². The largest absolute Gasteiger partial charge is 0.455 e. The van der Waals surface area contributed by atoms with Gasteiger partial charge in [0.25, 0.3) is 0 Å². The van der Waals surface area contributed by atoms with Gasteiger partial charge in [0, 0.05) is 28.3 Å². The van der Waals surface area contributed by atoms with Crippen molar-refractivity contribution in [2.45, 2.75) is 19.9 Å². The molecule has 20 heavy (non-hydrogen) atoms. The summed E-state index contributed by atoms with van der Waals surface area (Å²) in [6, 6.07) is 7.89. The molecule has 1 N–H and O–H groups in total. The summed E-state index contributed by atoms with van der Waals surface area (Å²) in [7, 11) is 0. The third kappa shape index (κ3) is 3.95. The monoisotopic (exact) mass is 354 g/mol. The van der Waals surface area contributed by atoms with Crippen LogP contribution in [0.1, 0.15) is 25.5 Å². The summed E-state index contributed by atoms with van der Waals surface area (Å²) in [4.78, 5) is 4.03. The lowest BCUT2D eigenvalue weighted by Gasteiger charge is -2.18. The van der Waals surface area contributed by atoms with Crippen LogP contribution in [0.2, 0.25) is 5.02 Å². The van der Waals surface area contributed by atoms with E-state index in [2.05, 4.69) is 46.1 Å². The minimum Gasteiger partial charge on any atom is -0.455 e. The molecule has 0 spiro atoms. The van der Waals surface area contributed by atoms with Gasteiger partial charge < -0.3 is 10.1 Å². The van der Waals surface area contributed by atoms with Crippen LogP contribution in [-0.4, -0.2) is 11.5 Å². The number of nitrogens with zero attached hydrogens (tertiary/aromatic N) is 1. The van der Waals surface area contributed by atoms with Gasteiger partial charge in [-0.15, -0.1) is 0 Å². The second-order valence-corrected chi connectivity index (χ2v) is 5.75. The Morgan fingerprint density at radius 2 is 2.15 bits per heavy atom. The minimum absolute atomic E-state index is 0.194. The Balaban J connectivity index is 2.31. The molecule has 0 aliphatic carbocycles. The second kappa shape index (κ2) is 7.07. The average molecular weight is 356 g/mol. The number of hydrogen-bond donors (Lipinski definition) is 1. The zero-order valence-corrected chi connectivity index (χ0v) is 13.7. The van der Waals surface area contributed by atoms with Crippen molar-refractivity contribution in [3.05, 3.63) is 51.7 Å². The molecule has 2 rings (SSSR count). The highest BCUT2D eigenvalue weighted by atomic mass is 79.9. The van der Waals surface area contributed by atoms with Crippen LogP contribution in [0.3, 0.4) is 0 Å². The predicted molar refractivity (Wildman–Crippen MR) is 85.6 cm³/mol. The highest BCUT2D eigenvalue weighted by Gasteiger charge is 2.12. The van der Waals surface area contributed by atoms with E-state index >= 15 is 0 Å². The van der Waals surface area contributed by atoms with Crippen LogP contribution in [0.5, 0.6) is 11.5 Å². The van der Waals surface area contributed by atoms with E-state index in [0.29, 0.717) is 10.8 Å². The van der Waals surface area contributed by atoms with Crippen molar-refractivity contribution in [3.63, 3.8) is 0 Å². The standard InChI is InChI=1S/C15H16BrClN2O/c1-3-19-10(2)14-6-11(16)4-5-15(14)20-13-7-12(17)8-18-9-13/h4-10,19H,3H2,1-2H3.